The quantitative estimate of drug-likeness (QED) is 0.721. The van der Waals surface area contributed by atoms with Gasteiger partial charge in [-0.25, -0.2) is 4.39 Å². The molecule has 1 amide bonds. The minimum Gasteiger partial charge on any atom is -0.397 e. The van der Waals surface area contributed by atoms with Crippen molar-refractivity contribution in [1.29, 1.82) is 0 Å². The molecule has 0 radical (unpaired) electrons. The Bertz CT molecular complexity index is 481. The molecule has 2 rings (SSSR count). The van der Waals surface area contributed by atoms with Crippen LogP contribution >= 0.6 is 0 Å². The molecular formula is C14H20FN3O2. The van der Waals surface area contributed by atoms with E-state index in [2.05, 4.69) is 5.32 Å². The fourth-order valence-corrected chi connectivity index (χ4v) is 2.48. The highest BCUT2D eigenvalue weighted by molar-refractivity contribution is 5.95. The van der Waals surface area contributed by atoms with Crippen molar-refractivity contribution in [2.45, 2.75) is 12.8 Å². The number of carbonyl (C=O) groups is 1. The molecule has 20 heavy (non-hydrogen) atoms. The molecule has 6 heteroatoms. The second kappa shape index (κ2) is 6.67. The molecule has 1 heterocycles. The van der Waals surface area contributed by atoms with Gasteiger partial charge < -0.3 is 16.2 Å². The van der Waals surface area contributed by atoms with Gasteiger partial charge >= 0.3 is 0 Å². The summed E-state index contributed by atoms with van der Waals surface area (Å²) >= 11 is 0. The first-order chi connectivity index (χ1) is 9.58. The zero-order valence-corrected chi connectivity index (χ0v) is 11.3. The van der Waals surface area contributed by atoms with Gasteiger partial charge in [-0.3, -0.25) is 9.69 Å². The monoisotopic (exact) mass is 281 g/mol. The van der Waals surface area contributed by atoms with Crippen LogP contribution in [0.5, 0.6) is 0 Å². The van der Waals surface area contributed by atoms with Gasteiger partial charge in [0.15, 0.2) is 0 Å². The number of piperidine rings is 1. The number of anilines is 2. The molecule has 1 unspecified atom stereocenters. The summed E-state index contributed by atoms with van der Waals surface area (Å²) in [5, 5.41) is 11.8. The minimum atomic E-state index is -0.428. The topological polar surface area (TPSA) is 78.6 Å². The van der Waals surface area contributed by atoms with Gasteiger partial charge in [-0.1, -0.05) is 0 Å². The maximum absolute atomic E-state index is 12.9. The van der Waals surface area contributed by atoms with Crippen LogP contribution < -0.4 is 11.1 Å². The molecule has 110 valence electrons. The van der Waals surface area contributed by atoms with Crippen LogP contribution in [0, 0.1) is 11.7 Å². The van der Waals surface area contributed by atoms with Crippen molar-refractivity contribution < 1.29 is 14.3 Å². The van der Waals surface area contributed by atoms with Crippen LogP contribution in [0.15, 0.2) is 18.2 Å². The van der Waals surface area contributed by atoms with Gasteiger partial charge in [0.1, 0.15) is 5.82 Å². The Labute approximate surface area is 117 Å². The molecule has 1 aliphatic heterocycles. The Morgan fingerprint density at radius 1 is 1.55 bits per heavy atom. The summed E-state index contributed by atoms with van der Waals surface area (Å²) in [5.41, 5.74) is 6.28. The van der Waals surface area contributed by atoms with E-state index in [9.17, 15) is 9.18 Å². The molecule has 1 aliphatic rings. The highest BCUT2D eigenvalue weighted by atomic mass is 19.1. The number of nitrogens with two attached hydrogens (primary N) is 1. The molecule has 0 aliphatic carbocycles. The molecule has 0 aromatic heterocycles. The predicted molar refractivity (Wildman–Crippen MR) is 75.7 cm³/mol. The van der Waals surface area contributed by atoms with Crippen molar-refractivity contribution in [2.24, 2.45) is 5.92 Å². The van der Waals surface area contributed by atoms with Gasteiger partial charge in [0.05, 0.1) is 17.9 Å². The molecular weight excluding hydrogens is 261 g/mol. The smallest absolute Gasteiger partial charge is 0.238 e. The normalized spacial score (nSPS) is 19.8. The molecule has 1 saturated heterocycles. The Hall–Kier alpha value is -1.66. The fraction of sp³-hybridized carbons (Fsp3) is 0.500. The van der Waals surface area contributed by atoms with Crippen molar-refractivity contribution in [3.8, 4) is 0 Å². The zero-order chi connectivity index (χ0) is 14.5. The molecule has 0 saturated carbocycles. The number of carbonyl (C=O) groups excluding carboxylic acids is 1. The average molecular weight is 281 g/mol. The fourth-order valence-electron chi connectivity index (χ4n) is 2.48. The SMILES string of the molecule is Nc1cc(F)ccc1NC(=O)CN1CCCC(CO)C1. The summed E-state index contributed by atoms with van der Waals surface area (Å²) in [4.78, 5) is 14.0. The Balaban J connectivity index is 1.88. The standard InChI is InChI=1S/C14H20FN3O2/c15-11-3-4-13(12(16)6-11)17-14(20)8-18-5-1-2-10(7-18)9-19/h3-4,6,10,19H,1-2,5,7-9,16H2,(H,17,20). The van der Waals surface area contributed by atoms with Gasteiger partial charge in [-0.05, 0) is 43.5 Å². The number of hydrogen-bond donors (Lipinski definition) is 3. The van der Waals surface area contributed by atoms with Crippen LogP contribution in [-0.4, -0.2) is 42.2 Å². The number of aliphatic hydroxyl groups excluding tert-OH is 1. The third-order valence-corrected chi connectivity index (χ3v) is 3.52. The molecule has 1 atom stereocenters. The van der Waals surface area contributed by atoms with E-state index in [0.717, 1.165) is 25.9 Å². The summed E-state index contributed by atoms with van der Waals surface area (Å²) in [5.74, 6) is -0.364. The number of nitrogen functional groups attached to an aromatic ring is 1. The molecule has 0 spiro atoms. The number of halogens is 1. The van der Waals surface area contributed by atoms with E-state index in [1.807, 2.05) is 4.90 Å². The second-order valence-electron chi connectivity index (χ2n) is 5.21. The minimum absolute atomic E-state index is 0.156. The van der Waals surface area contributed by atoms with Gasteiger partial charge in [-0.15, -0.1) is 0 Å². The number of nitrogens with zero attached hydrogens (tertiary/aromatic N) is 1. The predicted octanol–water partition coefficient (Wildman–Crippen LogP) is 1.05. The van der Waals surface area contributed by atoms with Crippen LogP contribution in [0.3, 0.4) is 0 Å². The van der Waals surface area contributed by atoms with Crippen LogP contribution in [0.25, 0.3) is 0 Å². The summed E-state index contributed by atoms with van der Waals surface area (Å²) in [6, 6.07) is 3.89. The van der Waals surface area contributed by atoms with E-state index in [1.54, 1.807) is 0 Å². The number of likely N-dealkylation sites (tertiary alicyclic amines) is 1. The zero-order valence-electron chi connectivity index (χ0n) is 11.3. The average Bonchev–Trinajstić information content (AvgIpc) is 2.42. The van der Waals surface area contributed by atoms with Crippen LogP contribution in [-0.2, 0) is 4.79 Å². The Morgan fingerprint density at radius 3 is 3.05 bits per heavy atom. The summed E-state index contributed by atoms with van der Waals surface area (Å²) in [7, 11) is 0. The lowest BCUT2D eigenvalue weighted by Gasteiger charge is -2.31. The number of nitrogens with one attached hydrogen (secondary N) is 1. The summed E-state index contributed by atoms with van der Waals surface area (Å²) in [6.07, 6.45) is 1.98. The van der Waals surface area contributed by atoms with E-state index in [1.165, 1.54) is 18.2 Å². The lowest BCUT2D eigenvalue weighted by molar-refractivity contribution is -0.117. The first-order valence-electron chi connectivity index (χ1n) is 6.76. The summed E-state index contributed by atoms with van der Waals surface area (Å²) < 4.78 is 12.9. The van der Waals surface area contributed by atoms with Crippen molar-refractivity contribution in [3.63, 3.8) is 0 Å². The van der Waals surface area contributed by atoms with E-state index < -0.39 is 5.82 Å². The third-order valence-electron chi connectivity index (χ3n) is 3.52. The number of aliphatic hydroxyl groups is 1. The van der Waals surface area contributed by atoms with Crippen LogP contribution in [0.2, 0.25) is 0 Å². The summed E-state index contributed by atoms with van der Waals surface area (Å²) in [6.45, 7) is 1.99. The Kier molecular flexibility index (Phi) is 4.92. The first-order valence-corrected chi connectivity index (χ1v) is 6.76. The molecule has 5 nitrogen and oxygen atoms in total. The molecule has 4 N–H and O–H groups in total. The number of rotatable bonds is 4. The van der Waals surface area contributed by atoms with Gasteiger partial charge in [-0.2, -0.15) is 0 Å². The van der Waals surface area contributed by atoms with E-state index in [4.69, 9.17) is 10.8 Å². The van der Waals surface area contributed by atoms with Gasteiger partial charge in [0, 0.05) is 13.2 Å². The van der Waals surface area contributed by atoms with Gasteiger partial charge in [0.2, 0.25) is 5.91 Å². The highest BCUT2D eigenvalue weighted by Gasteiger charge is 2.21. The van der Waals surface area contributed by atoms with E-state index in [0.29, 0.717) is 5.69 Å². The van der Waals surface area contributed by atoms with Crippen molar-refractivity contribution in [1.82, 2.24) is 4.90 Å². The van der Waals surface area contributed by atoms with Gasteiger partial charge in [0.25, 0.3) is 0 Å². The molecule has 0 bridgehead atoms. The van der Waals surface area contributed by atoms with Crippen LogP contribution in [0.4, 0.5) is 15.8 Å². The largest absolute Gasteiger partial charge is 0.397 e. The van der Waals surface area contributed by atoms with Crippen molar-refractivity contribution in [3.05, 3.63) is 24.0 Å². The van der Waals surface area contributed by atoms with Crippen molar-refractivity contribution in [2.75, 3.05) is 37.3 Å². The highest BCUT2D eigenvalue weighted by Crippen LogP contribution is 2.19. The maximum Gasteiger partial charge on any atom is 0.238 e. The maximum atomic E-state index is 12.9. The third kappa shape index (κ3) is 3.91. The van der Waals surface area contributed by atoms with Crippen LogP contribution in [0.1, 0.15) is 12.8 Å². The lowest BCUT2D eigenvalue weighted by atomic mass is 9.99. The van der Waals surface area contributed by atoms with Crippen molar-refractivity contribution >= 4 is 17.3 Å². The Morgan fingerprint density at radius 2 is 2.35 bits per heavy atom. The lowest BCUT2D eigenvalue weighted by Crippen LogP contribution is -2.41. The number of hydrogen-bond acceptors (Lipinski definition) is 4. The van der Waals surface area contributed by atoms with E-state index in [-0.39, 0.29) is 30.7 Å². The van der Waals surface area contributed by atoms with E-state index >= 15 is 0 Å². The second-order valence-corrected chi connectivity index (χ2v) is 5.21. The number of benzene rings is 1. The first kappa shape index (κ1) is 14.7. The molecule has 1 aromatic carbocycles. The molecule has 1 fully saturated rings. The molecule has 1 aromatic rings. The number of amides is 1.